The Balaban J connectivity index is 2.00. The molecule has 0 saturated carbocycles. The van der Waals surface area contributed by atoms with Crippen molar-refractivity contribution >= 4 is 11.7 Å². The first-order chi connectivity index (χ1) is 10.1. The number of carbonyl (C=O) groups excluding carboxylic acids is 1. The largest absolute Gasteiger partial charge is 0.465 e. The molecule has 0 bridgehead atoms. The summed E-state index contributed by atoms with van der Waals surface area (Å²) >= 11 is 0. The Labute approximate surface area is 126 Å². The van der Waals surface area contributed by atoms with Gasteiger partial charge in [0.05, 0.1) is 12.7 Å². The fraction of sp³-hybridized carbons (Fsp3) is 0.278. The summed E-state index contributed by atoms with van der Waals surface area (Å²) in [5, 5.41) is 3.40. The summed E-state index contributed by atoms with van der Waals surface area (Å²) in [6, 6.07) is 15.9. The van der Waals surface area contributed by atoms with Crippen LogP contribution in [-0.2, 0) is 11.3 Å². The normalized spacial score (nSPS) is 10.5. The maximum Gasteiger partial charge on any atom is 0.337 e. The Hall–Kier alpha value is -2.29. The lowest BCUT2D eigenvalue weighted by Gasteiger charge is -2.10. The number of hydrogen-bond acceptors (Lipinski definition) is 3. The average Bonchev–Trinajstić information content (AvgIpc) is 2.53. The van der Waals surface area contributed by atoms with Gasteiger partial charge in [0.1, 0.15) is 0 Å². The predicted octanol–water partition coefficient (Wildman–Crippen LogP) is 4.21. The van der Waals surface area contributed by atoms with E-state index in [-0.39, 0.29) is 5.97 Å². The van der Waals surface area contributed by atoms with E-state index >= 15 is 0 Å². The fourth-order valence-electron chi connectivity index (χ4n) is 2.09. The van der Waals surface area contributed by atoms with Crippen LogP contribution in [0.2, 0.25) is 0 Å². The molecule has 0 aliphatic rings. The Morgan fingerprint density at radius 3 is 2.48 bits per heavy atom. The molecule has 1 N–H and O–H groups in total. The van der Waals surface area contributed by atoms with Crippen molar-refractivity contribution in [2.75, 3.05) is 12.4 Å². The molecule has 0 radical (unpaired) electrons. The molecule has 2 aromatic rings. The van der Waals surface area contributed by atoms with Gasteiger partial charge in [0, 0.05) is 12.2 Å². The molecular formula is C18H21NO2. The minimum Gasteiger partial charge on any atom is -0.465 e. The van der Waals surface area contributed by atoms with E-state index in [2.05, 4.69) is 48.2 Å². The van der Waals surface area contributed by atoms with Gasteiger partial charge >= 0.3 is 5.97 Å². The Bertz CT molecular complexity index is 603. The van der Waals surface area contributed by atoms with E-state index in [1.807, 2.05) is 12.1 Å². The molecule has 3 nitrogen and oxygen atoms in total. The van der Waals surface area contributed by atoms with Gasteiger partial charge in [-0.05, 0) is 41.3 Å². The third-order valence-corrected chi connectivity index (χ3v) is 3.42. The van der Waals surface area contributed by atoms with Gasteiger partial charge in [-0.15, -0.1) is 0 Å². The van der Waals surface area contributed by atoms with Crippen LogP contribution in [-0.4, -0.2) is 13.1 Å². The first-order valence-corrected chi connectivity index (χ1v) is 7.11. The SMILES string of the molecule is COC(=O)c1ccc(CNc2cccc(C(C)C)c2)cc1. The minimum atomic E-state index is -0.306. The molecule has 0 saturated heterocycles. The van der Waals surface area contributed by atoms with Crippen LogP contribution in [0.5, 0.6) is 0 Å². The smallest absolute Gasteiger partial charge is 0.337 e. The van der Waals surface area contributed by atoms with E-state index in [1.165, 1.54) is 12.7 Å². The van der Waals surface area contributed by atoms with Gasteiger partial charge in [0.25, 0.3) is 0 Å². The molecule has 0 unspecified atom stereocenters. The molecule has 110 valence electrons. The first-order valence-electron chi connectivity index (χ1n) is 7.11. The summed E-state index contributed by atoms with van der Waals surface area (Å²) in [7, 11) is 1.39. The van der Waals surface area contributed by atoms with Crippen molar-refractivity contribution in [2.45, 2.75) is 26.3 Å². The molecule has 3 heteroatoms. The van der Waals surface area contributed by atoms with Gasteiger partial charge in [0.15, 0.2) is 0 Å². The van der Waals surface area contributed by atoms with Crippen molar-refractivity contribution in [3.8, 4) is 0 Å². The second kappa shape index (κ2) is 6.93. The summed E-state index contributed by atoms with van der Waals surface area (Å²) < 4.78 is 4.69. The van der Waals surface area contributed by atoms with Crippen LogP contribution in [0.4, 0.5) is 5.69 Å². The molecule has 0 aliphatic heterocycles. The molecule has 0 heterocycles. The fourth-order valence-corrected chi connectivity index (χ4v) is 2.09. The van der Waals surface area contributed by atoms with Crippen LogP contribution >= 0.6 is 0 Å². The van der Waals surface area contributed by atoms with Crippen molar-refractivity contribution in [1.82, 2.24) is 0 Å². The number of carbonyl (C=O) groups is 1. The van der Waals surface area contributed by atoms with E-state index in [1.54, 1.807) is 12.1 Å². The minimum absolute atomic E-state index is 0.306. The number of anilines is 1. The quantitative estimate of drug-likeness (QED) is 0.835. The lowest BCUT2D eigenvalue weighted by atomic mass is 10.0. The number of hydrogen-bond donors (Lipinski definition) is 1. The van der Waals surface area contributed by atoms with Crippen molar-refractivity contribution in [3.05, 3.63) is 65.2 Å². The van der Waals surface area contributed by atoms with E-state index in [9.17, 15) is 4.79 Å². The van der Waals surface area contributed by atoms with Crippen LogP contribution in [0.1, 0.15) is 41.3 Å². The zero-order valence-corrected chi connectivity index (χ0v) is 12.7. The van der Waals surface area contributed by atoms with Gasteiger partial charge in [0.2, 0.25) is 0 Å². The highest BCUT2D eigenvalue weighted by atomic mass is 16.5. The van der Waals surface area contributed by atoms with Crippen LogP contribution in [0.3, 0.4) is 0 Å². The highest BCUT2D eigenvalue weighted by molar-refractivity contribution is 5.89. The maximum atomic E-state index is 11.4. The molecule has 0 amide bonds. The zero-order chi connectivity index (χ0) is 15.2. The third kappa shape index (κ3) is 4.09. The van der Waals surface area contributed by atoms with E-state index in [4.69, 9.17) is 0 Å². The molecule has 0 fully saturated rings. The lowest BCUT2D eigenvalue weighted by Crippen LogP contribution is -2.03. The summed E-state index contributed by atoms with van der Waals surface area (Å²) in [4.78, 5) is 11.4. The van der Waals surface area contributed by atoms with Crippen molar-refractivity contribution < 1.29 is 9.53 Å². The zero-order valence-electron chi connectivity index (χ0n) is 12.7. The molecule has 2 rings (SSSR count). The van der Waals surface area contributed by atoms with Gasteiger partial charge in [-0.1, -0.05) is 38.1 Å². The Kier molecular flexibility index (Phi) is 4.99. The van der Waals surface area contributed by atoms with Crippen molar-refractivity contribution in [1.29, 1.82) is 0 Å². The third-order valence-electron chi connectivity index (χ3n) is 3.42. The molecular weight excluding hydrogens is 262 g/mol. The van der Waals surface area contributed by atoms with Crippen molar-refractivity contribution in [2.24, 2.45) is 0 Å². The number of esters is 1. The lowest BCUT2D eigenvalue weighted by molar-refractivity contribution is 0.0600. The second-order valence-corrected chi connectivity index (χ2v) is 5.32. The van der Waals surface area contributed by atoms with Crippen LogP contribution in [0, 0.1) is 0 Å². The van der Waals surface area contributed by atoms with Gasteiger partial charge in [-0.3, -0.25) is 0 Å². The summed E-state index contributed by atoms with van der Waals surface area (Å²) in [5.41, 5.74) is 4.12. The van der Waals surface area contributed by atoms with Crippen LogP contribution < -0.4 is 5.32 Å². The number of benzene rings is 2. The number of rotatable bonds is 5. The van der Waals surface area contributed by atoms with Crippen molar-refractivity contribution in [3.63, 3.8) is 0 Å². The topological polar surface area (TPSA) is 38.3 Å². The average molecular weight is 283 g/mol. The Morgan fingerprint density at radius 2 is 1.86 bits per heavy atom. The summed E-state index contributed by atoms with van der Waals surface area (Å²) in [6.07, 6.45) is 0. The molecule has 2 aromatic carbocycles. The summed E-state index contributed by atoms with van der Waals surface area (Å²) in [6.45, 7) is 5.10. The second-order valence-electron chi connectivity index (χ2n) is 5.32. The highest BCUT2D eigenvalue weighted by Gasteiger charge is 2.04. The molecule has 0 atom stereocenters. The van der Waals surface area contributed by atoms with E-state index < -0.39 is 0 Å². The predicted molar refractivity (Wildman–Crippen MR) is 85.6 cm³/mol. The van der Waals surface area contributed by atoms with E-state index in [0.717, 1.165) is 17.8 Å². The van der Waals surface area contributed by atoms with Gasteiger partial charge in [-0.2, -0.15) is 0 Å². The number of ether oxygens (including phenoxy) is 1. The van der Waals surface area contributed by atoms with Gasteiger partial charge < -0.3 is 10.1 Å². The van der Waals surface area contributed by atoms with Crippen LogP contribution in [0.15, 0.2) is 48.5 Å². The first kappa shape index (κ1) is 15.1. The molecule has 0 spiro atoms. The standard InChI is InChI=1S/C18H21NO2/c1-13(2)16-5-4-6-17(11-16)19-12-14-7-9-15(10-8-14)18(20)21-3/h4-11,13,19H,12H2,1-3H3. The molecule has 0 aromatic heterocycles. The Morgan fingerprint density at radius 1 is 1.14 bits per heavy atom. The molecule has 21 heavy (non-hydrogen) atoms. The highest BCUT2D eigenvalue weighted by Crippen LogP contribution is 2.19. The van der Waals surface area contributed by atoms with Crippen LogP contribution in [0.25, 0.3) is 0 Å². The maximum absolute atomic E-state index is 11.4. The summed E-state index contributed by atoms with van der Waals surface area (Å²) in [5.74, 6) is 0.213. The monoisotopic (exact) mass is 283 g/mol. The number of nitrogens with one attached hydrogen (secondary N) is 1. The molecule has 0 aliphatic carbocycles. The van der Waals surface area contributed by atoms with E-state index in [0.29, 0.717) is 11.5 Å². The van der Waals surface area contributed by atoms with Gasteiger partial charge in [-0.25, -0.2) is 4.79 Å². The number of methoxy groups -OCH3 is 1.